The molecule has 1 aliphatic rings. The van der Waals surface area contributed by atoms with Gasteiger partial charge >= 0.3 is 6.09 Å². The normalized spacial score (nSPS) is 13.8. The van der Waals surface area contributed by atoms with Crippen LogP contribution in [0.2, 0.25) is 10.0 Å². The number of likely N-dealkylation sites (N-methyl/N-ethyl adjacent to an activating group) is 1. The van der Waals surface area contributed by atoms with Crippen LogP contribution in [0.15, 0.2) is 41.3 Å². The fourth-order valence-corrected chi connectivity index (χ4v) is 4.05. The van der Waals surface area contributed by atoms with Crippen LogP contribution in [0.25, 0.3) is 5.70 Å². The van der Waals surface area contributed by atoms with E-state index in [9.17, 15) is 19.6 Å². The largest absolute Gasteiger partial charge is 0.465 e. The lowest BCUT2D eigenvalue weighted by Crippen LogP contribution is -2.49. The number of amides is 2. The number of hydrogen-bond donors (Lipinski definition) is 3. The Morgan fingerprint density at radius 1 is 1.29 bits per heavy atom. The van der Waals surface area contributed by atoms with Crippen molar-refractivity contribution < 1.29 is 19.4 Å². The van der Waals surface area contributed by atoms with Crippen LogP contribution >= 0.6 is 23.2 Å². The number of rotatable bonds is 8. The molecule has 0 saturated carbocycles. The van der Waals surface area contributed by atoms with Crippen molar-refractivity contribution >= 4 is 46.6 Å². The number of benzene rings is 1. The Morgan fingerprint density at radius 3 is 2.57 bits per heavy atom. The summed E-state index contributed by atoms with van der Waals surface area (Å²) in [5, 5.41) is 18.6. The number of halogens is 2. The summed E-state index contributed by atoms with van der Waals surface area (Å²) >= 11 is 12.7. The third-order valence-corrected chi connectivity index (χ3v) is 5.79. The molecule has 1 aliphatic carbocycles. The first-order chi connectivity index (χ1) is 16.7. The number of nitrogens with zero attached hydrogens (tertiary/aromatic N) is 3. The Bertz CT molecular complexity index is 1230. The molecule has 0 bridgehead atoms. The first-order valence-corrected chi connectivity index (χ1v) is 11.5. The van der Waals surface area contributed by atoms with Crippen LogP contribution in [-0.4, -0.2) is 39.2 Å². The van der Waals surface area contributed by atoms with Crippen LogP contribution in [0.5, 0.6) is 11.5 Å². The molecule has 1 aromatic heterocycles. The summed E-state index contributed by atoms with van der Waals surface area (Å²) < 4.78 is 7.41. The number of carbonyl (C=O) groups is 2. The molecule has 35 heavy (non-hydrogen) atoms. The smallest absolute Gasteiger partial charge is 0.414 e. The van der Waals surface area contributed by atoms with Crippen LogP contribution in [0.3, 0.4) is 0 Å². The fourth-order valence-electron chi connectivity index (χ4n) is 3.49. The molecule has 1 atom stereocenters. The standard InChI is InChI=1S/C23H23Cl2N5O5/c1-2-29(23(33)34)22(32)19(12-26)28-27-14-10-17(24)21(18(25)11-14)35-16-8-9-20(31)30(13-16)15-6-4-3-5-7-15/h6,8-11,13,19,27-28H,2-5,7H2,1H3,(H,33,34). The molecule has 0 radical (unpaired) electrons. The number of imide groups is 1. The molecule has 184 valence electrons. The average molecular weight is 520 g/mol. The van der Waals surface area contributed by atoms with Crippen molar-refractivity contribution in [3.05, 3.63) is 56.9 Å². The number of anilines is 1. The number of hydrazine groups is 1. The molecule has 0 spiro atoms. The Hall–Kier alpha value is -3.52. The molecule has 0 saturated heterocycles. The second kappa shape index (κ2) is 11.8. The lowest BCUT2D eigenvalue weighted by Gasteiger charge is -2.20. The van der Waals surface area contributed by atoms with Gasteiger partial charge in [0.25, 0.3) is 11.5 Å². The number of carboxylic acid groups (broad SMARTS) is 1. The summed E-state index contributed by atoms with van der Waals surface area (Å²) in [6.45, 7) is 1.37. The van der Waals surface area contributed by atoms with Crippen molar-refractivity contribution in [3.63, 3.8) is 0 Å². The first-order valence-electron chi connectivity index (χ1n) is 10.8. The van der Waals surface area contributed by atoms with Gasteiger partial charge < -0.3 is 15.3 Å². The number of aromatic nitrogens is 1. The third-order valence-electron chi connectivity index (χ3n) is 5.23. The minimum atomic E-state index is -1.48. The van der Waals surface area contributed by atoms with E-state index in [1.54, 1.807) is 16.8 Å². The van der Waals surface area contributed by atoms with E-state index in [2.05, 4.69) is 10.9 Å². The predicted molar refractivity (Wildman–Crippen MR) is 132 cm³/mol. The van der Waals surface area contributed by atoms with Crippen molar-refractivity contribution in [2.45, 2.75) is 38.6 Å². The Labute approximate surface area is 211 Å². The molecule has 1 heterocycles. The number of carbonyl (C=O) groups excluding carboxylic acids is 1. The minimum Gasteiger partial charge on any atom is -0.465 e. The Morgan fingerprint density at radius 2 is 2.00 bits per heavy atom. The molecule has 0 aliphatic heterocycles. The maximum Gasteiger partial charge on any atom is 0.414 e. The Balaban J connectivity index is 1.75. The zero-order valence-corrected chi connectivity index (χ0v) is 20.3. The summed E-state index contributed by atoms with van der Waals surface area (Å²) in [4.78, 5) is 36.2. The number of ether oxygens (including phenoxy) is 1. The number of hydrogen-bond acceptors (Lipinski definition) is 7. The number of pyridine rings is 1. The topological polar surface area (TPSA) is 137 Å². The average Bonchev–Trinajstić information content (AvgIpc) is 2.83. The van der Waals surface area contributed by atoms with E-state index in [1.807, 2.05) is 6.08 Å². The fraction of sp³-hybridized carbons (Fsp3) is 0.304. The van der Waals surface area contributed by atoms with Gasteiger partial charge in [-0.2, -0.15) is 5.26 Å². The highest BCUT2D eigenvalue weighted by atomic mass is 35.5. The highest BCUT2D eigenvalue weighted by Gasteiger charge is 2.27. The number of nitrogens with one attached hydrogen (secondary N) is 2. The van der Waals surface area contributed by atoms with Crippen LogP contribution < -0.4 is 21.1 Å². The predicted octanol–water partition coefficient (Wildman–Crippen LogP) is 4.70. The van der Waals surface area contributed by atoms with E-state index in [0.29, 0.717) is 16.3 Å². The molecule has 1 aromatic carbocycles. The van der Waals surface area contributed by atoms with E-state index < -0.39 is 18.0 Å². The van der Waals surface area contributed by atoms with Gasteiger partial charge in [0.15, 0.2) is 11.8 Å². The molecule has 2 amide bonds. The van der Waals surface area contributed by atoms with Gasteiger partial charge in [0.05, 0.1) is 28.0 Å². The molecular formula is C23H23Cl2N5O5. The second-order valence-corrected chi connectivity index (χ2v) is 8.40. The molecule has 1 unspecified atom stereocenters. The maximum absolute atomic E-state index is 12.3. The van der Waals surface area contributed by atoms with Gasteiger partial charge in [-0.3, -0.25) is 14.2 Å². The third kappa shape index (κ3) is 6.33. The molecular weight excluding hydrogens is 497 g/mol. The van der Waals surface area contributed by atoms with Crippen molar-refractivity contribution in [1.29, 1.82) is 5.26 Å². The van der Waals surface area contributed by atoms with Gasteiger partial charge in [-0.25, -0.2) is 15.1 Å². The minimum absolute atomic E-state index is 0.109. The monoisotopic (exact) mass is 519 g/mol. The first kappa shape index (κ1) is 26.1. The van der Waals surface area contributed by atoms with E-state index in [1.165, 1.54) is 31.2 Å². The van der Waals surface area contributed by atoms with Crippen molar-refractivity contribution in [2.75, 3.05) is 12.0 Å². The van der Waals surface area contributed by atoms with Gasteiger partial charge in [0, 0.05) is 18.3 Å². The summed E-state index contributed by atoms with van der Waals surface area (Å²) in [6.07, 6.45) is 5.98. The van der Waals surface area contributed by atoms with Crippen LogP contribution in [0.4, 0.5) is 10.5 Å². The molecule has 2 aromatic rings. The lowest BCUT2D eigenvalue weighted by molar-refractivity contribution is -0.129. The summed E-state index contributed by atoms with van der Waals surface area (Å²) in [7, 11) is 0. The molecule has 3 N–H and O–H groups in total. The van der Waals surface area contributed by atoms with Gasteiger partial charge in [-0.15, -0.1) is 0 Å². The molecule has 10 nitrogen and oxygen atoms in total. The Kier molecular flexibility index (Phi) is 8.76. The quantitative estimate of drug-likeness (QED) is 0.426. The van der Waals surface area contributed by atoms with Gasteiger partial charge in [-0.05, 0) is 50.8 Å². The van der Waals surface area contributed by atoms with Crippen LogP contribution in [0, 0.1) is 11.3 Å². The maximum atomic E-state index is 12.3. The second-order valence-electron chi connectivity index (χ2n) is 7.58. The number of allylic oxidation sites excluding steroid dienone is 2. The molecule has 12 heteroatoms. The van der Waals surface area contributed by atoms with Crippen molar-refractivity contribution in [3.8, 4) is 17.6 Å². The zero-order valence-electron chi connectivity index (χ0n) is 18.8. The highest BCUT2D eigenvalue weighted by Crippen LogP contribution is 2.38. The van der Waals surface area contributed by atoms with Gasteiger partial charge in [-0.1, -0.05) is 29.3 Å². The zero-order chi connectivity index (χ0) is 25.5. The van der Waals surface area contributed by atoms with Crippen LogP contribution in [0.1, 0.15) is 32.6 Å². The van der Waals surface area contributed by atoms with Gasteiger partial charge in [0.1, 0.15) is 5.75 Å². The van der Waals surface area contributed by atoms with E-state index in [0.717, 1.165) is 31.4 Å². The molecule has 3 rings (SSSR count). The summed E-state index contributed by atoms with van der Waals surface area (Å²) in [5.41, 5.74) is 6.15. The SMILES string of the molecule is CCN(C(=O)O)C(=O)C(C#N)NNc1cc(Cl)c(Oc2ccc(=O)n(C3=CCCCC3)c2)c(Cl)c1. The van der Waals surface area contributed by atoms with E-state index in [4.69, 9.17) is 33.0 Å². The summed E-state index contributed by atoms with van der Waals surface area (Å²) in [6, 6.07) is 6.05. The van der Waals surface area contributed by atoms with Crippen molar-refractivity contribution in [2.24, 2.45) is 0 Å². The lowest BCUT2D eigenvalue weighted by atomic mass is 10.0. The van der Waals surface area contributed by atoms with Crippen LogP contribution in [-0.2, 0) is 4.79 Å². The van der Waals surface area contributed by atoms with E-state index >= 15 is 0 Å². The number of nitriles is 1. The van der Waals surface area contributed by atoms with Gasteiger partial charge in [0.2, 0.25) is 0 Å². The highest BCUT2D eigenvalue weighted by molar-refractivity contribution is 6.37. The molecule has 0 fully saturated rings. The van der Waals surface area contributed by atoms with E-state index in [-0.39, 0.29) is 27.9 Å². The summed E-state index contributed by atoms with van der Waals surface area (Å²) in [5.74, 6) is -0.421. The van der Waals surface area contributed by atoms with Crippen molar-refractivity contribution in [1.82, 2.24) is 14.9 Å².